The quantitative estimate of drug-likeness (QED) is 0.690. The maximum atomic E-state index is 13.2. The molecule has 1 aromatic carbocycles. The van der Waals surface area contributed by atoms with Gasteiger partial charge < -0.3 is 10.1 Å². The van der Waals surface area contributed by atoms with E-state index in [0.717, 1.165) is 47.3 Å². The van der Waals surface area contributed by atoms with Crippen LogP contribution < -0.4 is 15.6 Å². The summed E-state index contributed by atoms with van der Waals surface area (Å²) in [6.07, 6.45) is 4.69. The Kier molecular flexibility index (Phi) is 5.51. The highest BCUT2D eigenvalue weighted by molar-refractivity contribution is 7.18. The fourth-order valence-electron chi connectivity index (χ4n) is 3.91. The Balaban J connectivity index is 1.65. The number of hydrogen-bond donors (Lipinski definition) is 1. The van der Waals surface area contributed by atoms with Gasteiger partial charge in [0.15, 0.2) is 0 Å². The summed E-state index contributed by atoms with van der Waals surface area (Å²) in [6, 6.07) is 8.31. The van der Waals surface area contributed by atoms with Gasteiger partial charge in [0.2, 0.25) is 0 Å². The molecule has 0 aliphatic heterocycles. The summed E-state index contributed by atoms with van der Waals surface area (Å²) < 4.78 is 7.14. The minimum absolute atomic E-state index is 0.0574. The van der Waals surface area contributed by atoms with Crippen molar-refractivity contribution in [3.8, 4) is 5.75 Å². The smallest absolute Gasteiger partial charge is 0.262 e. The predicted molar refractivity (Wildman–Crippen MR) is 115 cm³/mol. The third-order valence-electron chi connectivity index (χ3n) is 5.38. The first-order valence-corrected chi connectivity index (χ1v) is 10.7. The zero-order valence-electron chi connectivity index (χ0n) is 16.7. The second-order valence-corrected chi connectivity index (χ2v) is 9.00. The van der Waals surface area contributed by atoms with Crippen molar-refractivity contribution in [2.45, 2.75) is 45.7 Å². The largest absolute Gasteiger partial charge is 0.496 e. The fraction of sp³-hybridized carbons (Fsp3) is 0.455. The van der Waals surface area contributed by atoms with Crippen LogP contribution in [0, 0.1) is 5.92 Å². The van der Waals surface area contributed by atoms with E-state index in [1.54, 1.807) is 29.3 Å². The van der Waals surface area contributed by atoms with E-state index >= 15 is 0 Å². The van der Waals surface area contributed by atoms with Crippen LogP contribution in [-0.2, 0) is 19.4 Å². The van der Waals surface area contributed by atoms with Crippen LogP contribution in [0.5, 0.6) is 5.75 Å². The Hall–Kier alpha value is -2.18. The van der Waals surface area contributed by atoms with Crippen molar-refractivity contribution in [1.82, 2.24) is 14.9 Å². The first-order chi connectivity index (χ1) is 13.6. The van der Waals surface area contributed by atoms with E-state index < -0.39 is 0 Å². The van der Waals surface area contributed by atoms with Crippen molar-refractivity contribution >= 4 is 21.6 Å². The zero-order chi connectivity index (χ0) is 19.7. The van der Waals surface area contributed by atoms with Crippen molar-refractivity contribution in [2.75, 3.05) is 13.7 Å². The monoisotopic (exact) mass is 397 g/mol. The number of methoxy groups -OCH3 is 1. The molecule has 0 radical (unpaired) electrons. The lowest BCUT2D eigenvalue weighted by atomic mass is 9.93. The van der Waals surface area contributed by atoms with Gasteiger partial charge in [0.25, 0.3) is 5.56 Å². The molecule has 5 nitrogen and oxygen atoms in total. The number of thiophene rings is 1. The standard InChI is InChI=1S/C22H27N3O2S/c1-14(2)11-23-16-8-9-17-19(10-16)28-21-20(17)22(26)25(13-24-21)12-15-6-4-5-7-18(15)27-3/h4-7,13-14,16,23H,8-12H2,1-3H3/t16-/m1/s1. The van der Waals surface area contributed by atoms with Gasteiger partial charge in [-0.05, 0) is 43.4 Å². The molecular weight excluding hydrogens is 370 g/mol. The van der Waals surface area contributed by atoms with Gasteiger partial charge in [-0.15, -0.1) is 11.3 Å². The molecule has 0 unspecified atom stereocenters. The molecule has 2 aromatic heterocycles. The molecule has 1 atom stereocenters. The SMILES string of the molecule is COc1ccccc1Cn1cnc2sc3c(c2c1=O)CC[C@@H](NCC(C)C)C3. The number of nitrogens with one attached hydrogen (secondary N) is 1. The van der Waals surface area contributed by atoms with Crippen LogP contribution in [0.25, 0.3) is 10.2 Å². The third kappa shape index (κ3) is 3.71. The van der Waals surface area contributed by atoms with E-state index in [1.807, 2.05) is 24.3 Å². The molecule has 3 aromatic rings. The van der Waals surface area contributed by atoms with Crippen molar-refractivity contribution < 1.29 is 4.74 Å². The van der Waals surface area contributed by atoms with Crippen molar-refractivity contribution in [3.63, 3.8) is 0 Å². The number of aryl methyl sites for hydroxylation is 1. The molecular formula is C22H27N3O2S. The molecule has 1 aliphatic rings. The topological polar surface area (TPSA) is 56.2 Å². The molecule has 2 heterocycles. The minimum Gasteiger partial charge on any atom is -0.496 e. The van der Waals surface area contributed by atoms with Crippen LogP contribution in [0.3, 0.4) is 0 Å². The Labute approximate surface area is 169 Å². The highest BCUT2D eigenvalue weighted by atomic mass is 32.1. The predicted octanol–water partition coefficient (Wildman–Crippen LogP) is 3.62. The summed E-state index contributed by atoms with van der Waals surface area (Å²) in [4.78, 5) is 20.0. The van der Waals surface area contributed by atoms with Crippen LogP contribution in [-0.4, -0.2) is 29.2 Å². The van der Waals surface area contributed by atoms with Gasteiger partial charge in [-0.2, -0.15) is 0 Å². The number of aromatic nitrogens is 2. The molecule has 0 saturated heterocycles. The molecule has 1 N–H and O–H groups in total. The van der Waals surface area contributed by atoms with Gasteiger partial charge in [-0.25, -0.2) is 4.98 Å². The Bertz CT molecular complexity index is 1040. The lowest BCUT2D eigenvalue weighted by Crippen LogP contribution is -2.36. The first-order valence-electron chi connectivity index (χ1n) is 9.91. The van der Waals surface area contributed by atoms with Crippen molar-refractivity contribution in [2.24, 2.45) is 5.92 Å². The van der Waals surface area contributed by atoms with Gasteiger partial charge in [-0.1, -0.05) is 32.0 Å². The van der Waals surface area contributed by atoms with Crippen LogP contribution in [0.4, 0.5) is 0 Å². The lowest BCUT2D eigenvalue weighted by Gasteiger charge is -2.24. The second-order valence-electron chi connectivity index (χ2n) is 7.92. The minimum atomic E-state index is 0.0574. The lowest BCUT2D eigenvalue weighted by molar-refractivity contribution is 0.408. The molecule has 0 amide bonds. The van der Waals surface area contributed by atoms with E-state index in [2.05, 4.69) is 24.1 Å². The van der Waals surface area contributed by atoms with Crippen molar-refractivity contribution in [3.05, 3.63) is 57.0 Å². The summed E-state index contributed by atoms with van der Waals surface area (Å²) in [6.45, 7) is 5.97. The normalized spacial score (nSPS) is 16.5. The van der Waals surface area contributed by atoms with Crippen molar-refractivity contribution in [1.29, 1.82) is 0 Å². The zero-order valence-corrected chi connectivity index (χ0v) is 17.5. The number of rotatable bonds is 6. The number of hydrogen-bond acceptors (Lipinski definition) is 5. The Morgan fingerprint density at radius 1 is 1.36 bits per heavy atom. The fourth-order valence-corrected chi connectivity index (χ4v) is 5.17. The van der Waals surface area contributed by atoms with Gasteiger partial charge in [-0.3, -0.25) is 9.36 Å². The molecule has 0 fully saturated rings. The summed E-state index contributed by atoms with van der Waals surface area (Å²) in [5.41, 5.74) is 2.26. The number of fused-ring (bicyclic) bond motifs is 3. The summed E-state index contributed by atoms with van der Waals surface area (Å²) in [5, 5.41) is 4.49. The number of para-hydroxylation sites is 1. The number of benzene rings is 1. The molecule has 0 saturated carbocycles. The molecule has 4 rings (SSSR count). The van der Waals surface area contributed by atoms with Gasteiger partial charge in [0.1, 0.15) is 10.6 Å². The average Bonchev–Trinajstić information content (AvgIpc) is 3.07. The van der Waals surface area contributed by atoms with Gasteiger partial charge in [0, 0.05) is 16.5 Å². The maximum Gasteiger partial charge on any atom is 0.262 e. The maximum absolute atomic E-state index is 13.2. The van der Waals surface area contributed by atoms with Crippen LogP contribution in [0.1, 0.15) is 36.3 Å². The highest BCUT2D eigenvalue weighted by Crippen LogP contribution is 2.33. The molecule has 0 bridgehead atoms. The van der Waals surface area contributed by atoms with E-state index in [4.69, 9.17) is 4.74 Å². The average molecular weight is 398 g/mol. The summed E-state index contributed by atoms with van der Waals surface area (Å²) >= 11 is 1.69. The van der Waals surface area contributed by atoms with E-state index in [-0.39, 0.29) is 5.56 Å². The molecule has 6 heteroatoms. The van der Waals surface area contributed by atoms with Crippen LogP contribution in [0.15, 0.2) is 35.4 Å². The molecule has 28 heavy (non-hydrogen) atoms. The highest BCUT2D eigenvalue weighted by Gasteiger charge is 2.25. The molecule has 148 valence electrons. The van der Waals surface area contributed by atoms with E-state index in [9.17, 15) is 4.79 Å². The summed E-state index contributed by atoms with van der Waals surface area (Å²) in [5.74, 6) is 1.44. The first kappa shape index (κ1) is 19.2. The Morgan fingerprint density at radius 3 is 2.96 bits per heavy atom. The number of ether oxygens (including phenoxy) is 1. The van der Waals surface area contributed by atoms with E-state index in [0.29, 0.717) is 18.5 Å². The number of nitrogens with zero attached hydrogens (tertiary/aromatic N) is 2. The summed E-state index contributed by atoms with van der Waals surface area (Å²) in [7, 11) is 1.65. The third-order valence-corrected chi connectivity index (χ3v) is 6.55. The Morgan fingerprint density at radius 2 is 2.18 bits per heavy atom. The van der Waals surface area contributed by atoms with E-state index in [1.165, 1.54) is 10.4 Å². The molecule has 1 aliphatic carbocycles. The van der Waals surface area contributed by atoms with Crippen LogP contribution in [0.2, 0.25) is 0 Å². The van der Waals surface area contributed by atoms with Gasteiger partial charge in [0.05, 0.1) is 25.4 Å². The van der Waals surface area contributed by atoms with Crippen LogP contribution >= 0.6 is 11.3 Å². The second kappa shape index (κ2) is 8.05. The van der Waals surface area contributed by atoms with Gasteiger partial charge >= 0.3 is 0 Å². The molecule has 0 spiro atoms.